The number of rotatable bonds is 2. The molecule has 0 aromatic heterocycles. The first kappa shape index (κ1) is 12.3. The smallest absolute Gasteiger partial charge is 0.129 e. The van der Waals surface area contributed by atoms with E-state index < -0.39 is 0 Å². The minimum Gasteiger partial charge on any atom is -0.192 e. The van der Waals surface area contributed by atoms with Gasteiger partial charge in [-0.3, -0.25) is 0 Å². The lowest BCUT2D eigenvalue weighted by atomic mass is 10.2. The van der Waals surface area contributed by atoms with Gasteiger partial charge in [0.15, 0.2) is 0 Å². The molecule has 2 nitrogen and oxygen atoms in total. The molecule has 0 N–H and O–H groups in total. The third kappa shape index (κ3) is 3.44. The molecule has 1 aromatic rings. The Bertz CT molecular complexity index is 497. The van der Waals surface area contributed by atoms with Crippen molar-refractivity contribution in [3.8, 4) is 12.1 Å². The number of benzene rings is 1. The van der Waals surface area contributed by atoms with Gasteiger partial charge < -0.3 is 0 Å². The summed E-state index contributed by atoms with van der Waals surface area (Å²) in [6.07, 6.45) is 2.88. The van der Waals surface area contributed by atoms with Crippen LogP contribution in [0.4, 0.5) is 0 Å². The van der Waals surface area contributed by atoms with Gasteiger partial charge in [0, 0.05) is 10.1 Å². The highest BCUT2D eigenvalue weighted by Crippen LogP contribution is 2.21. The maximum Gasteiger partial charge on any atom is 0.129 e. The van der Waals surface area contributed by atoms with Crippen LogP contribution in [0, 0.1) is 22.7 Å². The number of halogens is 2. The molecule has 0 spiro atoms. The lowest BCUT2D eigenvalue weighted by Gasteiger charge is -1.97. The molecule has 1 rings (SSSR count). The fourth-order valence-electron chi connectivity index (χ4n) is 0.961. The first-order valence-corrected chi connectivity index (χ1v) is 5.06. The Hall–Kier alpha value is -1.74. The van der Waals surface area contributed by atoms with Gasteiger partial charge in [-0.2, -0.15) is 10.5 Å². The fraction of sp³-hybridized carbons (Fsp3) is 0. The molecule has 0 fully saturated rings. The van der Waals surface area contributed by atoms with E-state index in [-0.39, 0.29) is 5.57 Å². The lowest BCUT2D eigenvalue weighted by molar-refractivity contribution is 1.46. The molecular weight excluding hydrogens is 243 g/mol. The zero-order valence-electron chi connectivity index (χ0n) is 8.11. The number of allylic oxidation sites excluding steroid dienone is 3. The first-order valence-electron chi connectivity index (χ1n) is 4.31. The van der Waals surface area contributed by atoms with Crippen molar-refractivity contribution in [2.75, 3.05) is 0 Å². The largest absolute Gasteiger partial charge is 0.192 e. The van der Waals surface area contributed by atoms with Gasteiger partial charge in [0.1, 0.15) is 17.7 Å². The van der Waals surface area contributed by atoms with E-state index in [1.807, 2.05) is 0 Å². The van der Waals surface area contributed by atoms with E-state index in [4.69, 9.17) is 33.7 Å². The van der Waals surface area contributed by atoms with Crippen molar-refractivity contribution in [2.45, 2.75) is 0 Å². The van der Waals surface area contributed by atoms with Crippen molar-refractivity contribution < 1.29 is 0 Å². The van der Waals surface area contributed by atoms with Gasteiger partial charge in [0.2, 0.25) is 0 Å². The normalized spacial score (nSPS) is 10.1. The van der Waals surface area contributed by atoms with Crippen LogP contribution in [-0.2, 0) is 0 Å². The van der Waals surface area contributed by atoms with Crippen molar-refractivity contribution in [2.24, 2.45) is 0 Å². The Morgan fingerprint density at radius 1 is 1.06 bits per heavy atom. The molecule has 0 radical (unpaired) electrons. The molecule has 0 unspecified atom stereocenters. The molecule has 4 heteroatoms. The zero-order chi connectivity index (χ0) is 12.0. The summed E-state index contributed by atoms with van der Waals surface area (Å²) < 4.78 is 0. The van der Waals surface area contributed by atoms with Crippen LogP contribution >= 0.6 is 23.2 Å². The number of hydrogen-bond donors (Lipinski definition) is 0. The van der Waals surface area contributed by atoms with Crippen LogP contribution in [0.15, 0.2) is 42.0 Å². The molecule has 0 aliphatic heterocycles. The van der Waals surface area contributed by atoms with E-state index in [2.05, 4.69) is 0 Å². The predicted octanol–water partition coefficient (Wildman–Crippen LogP) is 3.89. The highest BCUT2D eigenvalue weighted by atomic mass is 35.5. The van der Waals surface area contributed by atoms with Gasteiger partial charge in [0.25, 0.3) is 0 Å². The monoisotopic (exact) mass is 248 g/mol. The molecule has 0 atom stereocenters. The van der Waals surface area contributed by atoms with Crippen LogP contribution < -0.4 is 0 Å². The zero-order valence-corrected chi connectivity index (χ0v) is 9.63. The Morgan fingerprint density at radius 2 is 1.62 bits per heavy atom. The molecule has 16 heavy (non-hydrogen) atoms. The predicted molar refractivity (Wildman–Crippen MR) is 64.6 cm³/mol. The number of hydrogen-bond acceptors (Lipinski definition) is 2. The quantitative estimate of drug-likeness (QED) is 0.589. The van der Waals surface area contributed by atoms with E-state index in [0.29, 0.717) is 10.1 Å². The van der Waals surface area contributed by atoms with Crippen LogP contribution in [0.25, 0.3) is 5.03 Å². The maximum absolute atomic E-state index is 8.52. The van der Waals surface area contributed by atoms with Gasteiger partial charge in [-0.15, -0.1) is 0 Å². The highest BCUT2D eigenvalue weighted by molar-refractivity contribution is 6.49. The minimum absolute atomic E-state index is 0.00659. The van der Waals surface area contributed by atoms with E-state index in [1.54, 1.807) is 36.4 Å². The van der Waals surface area contributed by atoms with Crippen molar-refractivity contribution in [1.29, 1.82) is 10.5 Å². The van der Waals surface area contributed by atoms with Crippen molar-refractivity contribution in [3.63, 3.8) is 0 Å². The summed E-state index contributed by atoms with van der Waals surface area (Å²) in [5, 5.41) is 18.1. The Labute approximate surface area is 104 Å². The standard InChI is InChI=1S/C12H6Cl2N2/c13-11-4-2-10(3-5-11)12(14)6-1-9(7-15)8-16/h1-6H. The Balaban J connectivity index is 2.96. The van der Waals surface area contributed by atoms with Crippen LogP contribution in [0.2, 0.25) is 5.02 Å². The van der Waals surface area contributed by atoms with Gasteiger partial charge in [-0.1, -0.05) is 35.3 Å². The molecule has 0 saturated carbocycles. The molecule has 0 amide bonds. The average molecular weight is 249 g/mol. The second kappa shape index (κ2) is 5.98. The van der Waals surface area contributed by atoms with E-state index in [9.17, 15) is 0 Å². The second-order valence-electron chi connectivity index (χ2n) is 2.83. The summed E-state index contributed by atoms with van der Waals surface area (Å²) in [4.78, 5) is 0. The molecule has 0 bridgehead atoms. The van der Waals surface area contributed by atoms with Crippen LogP contribution in [-0.4, -0.2) is 0 Å². The van der Waals surface area contributed by atoms with Gasteiger partial charge in [0.05, 0.1) is 0 Å². The van der Waals surface area contributed by atoms with Crippen LogP contribution in [0.5, 0.6) is 0 Å². The summed E-state index contributed by atoms with van der Waals surface area (Å²) in [6, 6.07) is 10.4. The third-order valence-electron chi connectivity index (χ3n) is 1.76. The topological polar surface area (TPSA) is 47.6 Å². The van der Waals surface area contributed by atoms with Crippen molar-refractivity contribution in [3.05, 3.63) is 52.6 Å². The summed E-state index contributed by atoms with van der Waals surface area (Å²) in [7, 11) is 0. The number of nitriles is 2. The fourth-order valence-corrected chi connectivity index (χ4v) is 1.28. The van der Waals surface area contributed by atoms with Crippen molar-refractivity contribution in [1.82, 2.24) is 0 Å². The van der Waals surface area contributed by atoms with E-state index in [0.717, 1.165) is 5.56 Å². The molecule has 78 valence electrons. The maximum atomic E-state index is 8.52. The third-order valence-corrected chi connectivity index (χ3v) is 2.35. The number of nitrogens with zero attached hydrogens (tertiary/aromatic N) is 2. The molecule has 0 aliphatic carbocycles. The summed E-state index contributed by atoms with van der Waals surface area (Å²) in [5.74, 6) is 0. The van der Waals surface area contributed by atoms with Gasteiger partial charge in [-0.05, 0) is 29.8 Å². The first-order chi connectivity index (χ1) is 7.67. The Kier molecular flexibility index (Phi) is 4.61. The lowest BCUT2D eigenvalue weighted by Crippen LogP contribution is -1.76. The molecule has 0 heterocycles. The van der Waals surface area contributed by atoms with Gasteiger partial charge >= 0.3 is 0 Å². The van der Waals surface area contributed by atoms with Crippen LogP contribution in [0.3, 0.4) is 0 Å². The highest BCUT2D eigenvalue weighted by Gasteiger charge is 1.97. The minimum atomic E-state index is 0.00659. The Morgan fingerprint density at radius 3 is 2.12 bits per heavy atom. The van der Waals surface area contributed by atoms with Crippen LogP contribution in [0.1, 0.15) is 5.56 Å². The average Bonchev–Trinajstić information content (AvgIpc) is 2.31. The van der Waals surface area contributed by atoms with E-state index in [1.165, 1.54) is 12.2 Å². The van der Waals surface area contributed by atoms with Gasteiger partial charge in [-0.25, -0.2) is 0 Å². The van der Waals surface area contributed by atoms with Crippen molar-refractivity contribution >= 4 is 28.2 Å². The molecule has 1 aromatic carbocycles. The molecule has 0 saturated heterocycles. The molecule has 0 aliphatic rings. The summed E-state index contributed by atoms with van der Waals surface area (Å²) in [5.41, 5.74) is 0.782. The summed E-state index contributed by atoms with van der Waals surface area (Å²) in [6.45, 7) is 0. The second-order valence-corrected chi connectivity index (χ2v) is 3.67. The summed E-state index contributed by atoms with van der Waals surface area (Å²) >= 11 is 11.7. The van der Waals surface area contributed by atoms with E-state index >= 15 is 0 Å². The SMILES string of the molecule is N#CC(C#N)=CC=C(Cl)c1ccc(Cl)cc1. The molecular formula is C12H6Cl2N2.